The molecule has 94 valence electrons. The van der Waals surface area contributed by atoms with Gasteiger partial charge < -0.3 is 20.5 Å². The van der Waals surface area contributed by atoms with Gasteiger partial charge in [-0.15, -0.1) is 0 Å². The molecule has 0 aromatic heterocycles. The predicted molar refractivity (Wildman–Crippen MR) is 65.5 cm³/mol. The highest BCUT2D eigenvalue weighted by Gasteiger charge is 2.17. The molecular formula is C12H18N2O3. The van der Waals surface area contributed by atoms with Crippen molar-refractivity contribution in [1.29, 1.82) is 0 Å². The van der Waals surface area contributed by atoms with Crippen LogP contribution in [0.25, 0.3) is 0 Å². The minimum absolute atomic E-state index is 0.0975. The number of rotatable bonds is 5. The molecule has 0 saturated heterocycles. The van der Waals surface area contributed by atoms with Crippen molar-refractivity contribution < 1.29 is 14.3 Å². The van der Waals surface area contributed by atoms with E-state index in [-0.39, 0.29) is 11.9 Å². The zero-order valence-electron chi connectivity index (χ0n) is 10.3. The van der Waals surface area contributed by atoms with Crippen LogP contribution in [-0.4, -0.2) is 32.7 Å². The molecule has 5 heteroatoms. The van der Waals surface area contributed by atoms with Crippen molar-refractivity contribution >= 4 is 5.91 Å². The summed E-state index contributed by atoms with van der Waals surface area (Å²) in [7, 11) is 3.02. The Morgan fingerprint density at radius 2 is 1.88 bits per heavy atom. The molecule has 0 bridgehead atoms. The van der Waals surface area contributed by atoms with Gasteiger partial charge in [-0.05, 0) is 19.1 Å². The van der Waals surface area contributed by atoms with E-state index in [1.807, 2.05) is 6.92 Å². The van der Waals surface area contributed by atoms with Crippen molar-refractivity contribution in [3.63, 3.8) is 0 Å². The Labute approximate surface area is 101 Å². The molecule has 0 heterocycles. The molecule has 0 radical (unpaired) electrons. The molecule has 5 nitrogen and oxygen atoms in total. The van der Waals surface area contributed by atoms with Crippen LogP contribution in [0.2, 0.25) is 0 Å². The molecule has 1 rings (SSSR count). The smallest absolute Gasteiger partial charge is 0.258 e. The van der Waals surface area contributed by atoms with E-state index >= 15 is 0 Å². The Hall–Kier alpha value is -1.75. The summed E-state index contributed by atoms with van der Waals surface area (Å²) in [5, 5.41) is 2.72. The first-order valence-corrected chi connectivity index (χ1v) is 5.35. The summed E-state index contributed by atoms with van der Waals surface area (Å²) in [5.74, 6) is 0.703. The first kappa shape index (κ1) is 13.3. The van der Waals surface area contributed by atoms with Crippen LogP contribution in [0.3, 0.4) is 0 Å². The second-order valence-corrected chi connectivity index (χ2v) is 3.72. The number of carbonyl (C=O) groups is 1. The number of amides is 1. The number of methoxy groups -OCH3 is 2. The molecule has 17 heavy (non-hydrogen) atoms. The van der Waals surface area contributed by atoms with Gasteiger partial charge in [0.05, 0.1) is 14.2 Å². The van der Waals surface area contributed by atoms with E-state index in [2.05, 4.69) is 5.32 Å². The maximum absolute atomic E-state index is 12.0. The minimum Gasteiger partial charge on any atom is -0.496 e. The van der Waals surface area contributed by atoms with E-state index in [1.54, 1.807) is 18.2 Å². The fourth-order valence-corrected chi connectivity index (χ4v) is 1.42. The zero-order chi connectivity index (χ0) is 12.8. The van der Waals surface area contributed by atoms with Gasteiger partial charge in [0.15, 0.2) is 0 Å². The average molecular weight is 238 g/mol. The number of hydrogen-bond donors (Lipinski definition) is 2. The summed E-state index contributed by atoms with van der Waals surface area (Å²) in [6, 6.07) is 5.09. The van der Waals surface area contributed by atoms with Crippen LogP contribution in [0.15, 0.2) is 18.2 Å². The lowest BCUT2D eigenvalue weighted by molar-refractivity contribution is 0.0945. The summed E-state index contributed by atoms with van der Waals surface area (Å²) < 4.78 is 10.3. The number of ether oxygens (including phenoxy) is 2. The van der Waals surface area contributed by atoms with Crippen LogP contribution in [0.4, 0.5) is 0 Å². The Morgan fingerprint density at radius 3 is 2.29 bits per heavy atom. The summed E-state index contributed by atoms with van der Waals surface area (Å²) in [4.78, 5) is 12.0. The third kappa shape index (κ3) is 3.35. The first-order valence-electron chi connectivity index (χ1n) is 5.35. The molecule has 0 aliphatic rings. The van der Waals surface area contributed by atoms with Crippen LogP contribution in [0.5, 0.6) is 11.5 Å². The molecule has 1 aromatic rings. The van der Waals surface area contributed by atoms with Crippen LogP contribution in [0, 0.1) is 0 Å². The second-order valence-electron chi connectivity index (χ2n) is 3.72. The van der Waals surface area contributed by atoms with Crippen molar-refractivity contribution in [2.45, 2.75) is 13.0 Å². The number of nitrogens with two attached hydrogens (primary N) is 1. The van der Waals surface area contributed by atoms with Crippen LogP contribution in [-0.2, 0) is 0 Å². The van der Waals surface area contributed by atoms with E-state index in [1.165, 1.54) is 14.2 Å². The number of benzene rings is 1. The molecule has 3 N–H and O–H groups in total. The summed E-state index contributed by atoms with van der Waals surface area (Å²) >= 11 is 0. The van der Waals surface area contributed by atoms with E-state index in [4.69, 9.17) is 15.2 Å². The number of carbonyl (C=O) groups excluding carboxylic acids is 1. The largest absolute Gasteiger partial charge is 0.496 e. The predicted octanol–water partition coefficient (Wildman–Crippen LogP) is 0.781. The maximum atomic E-state index is 12.0. The third-order valence-corrected chi connectivity index (χ3v) is 2.24. The van der Waals surface area contributed by atoms with E-state index in [0.717, 1.165) is 0 Å². The van der Waals surface area contributed by atoms with Crippen LogP contribution >= 0.6 is 0 Å². The van der Waals surface area contributed by atoms with Gasteiger partial charge in [-0.3, -0.25) is 4.79 Å². The number of hydrogen-bond acceptors (Lipinski definition) is 4. The Morgan fingerprint density at radius 1 is 1.35 bits per heavy atom. The monoisotopic (exact) mass is 238 g/mol. The van der Waals surface area contributed by atoms with Gasteiger partial charge in [0.25, 0.3) is 5.91 Å². The highest BCUT2D eigenvalue weighted by Crippen LogP contribution is 2.27. The van der Waals surface area contributed by atoms with E-state index in [0.29, 0.717) is 23.6 Å². The maximum Gasteiger partial charge on any atom is 0.258 e. The molecule has 0 saturated carbocycles. The van der Waals surface area contributed by atoms with E-state index < -0.39 is 0 Å². The fourth-order valence-electron chi connectivity index (χ4n) is 1.42. The van der Waals surface area contributed by atoms with Crippen LogP contribution in [0.1, 0.15) is 17.3 Å². The molecular weight excluding hydrogens is 220 g/mol. The molecule has 1 unspecified atom stereocenters. The van der Waals surface area contributed by atoms with Gasteiger partial charge in [0.2, 0.25) is 0 Å². The molecule has 1 aromatic carbocycles. The van der Waals surface area contributed by atoms with Gasteiger partial charge in [0.1, 0.15) is 17.1 Å². The lowest BCUT2D eigenvalue weighted by Crippen LogP contribution is -2.35. The SMILES string of the molecule is COc1cccc(OC)c1C(=O)NCC(C)N. The highest BCUT2D eigenvalue weighted by atomic mass is 16.5. The van der Waals surface area contributed by atoms with Crippen molar-refractivity contribution in [2.24, 2.45) is 5.73 Å². The first-order chi connectivity index (χ1) is 8.10. The standard InChI is InChI=1S/C12H18N2O3/c1-8(13)7-14-12(15)11-9(16-2)5-4-6-10(11)17-3/h4-6,8H,7,13H2,1-3H3,(H,14,15). The summed E-state index contributed by atoms with van der Waals surface area (Å²) in [5.41, 5.74) is 5.97. The zero-order valence-corrected chi connectivity index (χ0v) is 10.3. The van der Waals surface area contributed by atoms with Gasteiger partial charge >= 0.3 is 0 Å². The summed E-state index contributed by atoms with van der Waals surface area (Å²) in [6.45, 7) is 2.22. The average Bonchev–Trinajstić information content (AvgIpc) is 2.34. The van der Waals surface area contributed by atoms with Gasteiger partial charge in [-0.1, -0.05) is 6.07 Å². The second kappa shape index (κ2) is 6.10. The van der Waals surface area contributed by atoms with E-state index in [9.17, 15) is 4.79 Å². The van der Waals surface area contributed by atoms with Crippen molar-refractivity contribution in [3.05, 3.63) is 23.8 Å². The quantitative estimate of drug-likeness (QED) is 0.795. The molecule has 1 amide bonds. The topological polar surface area (TPSA) is 73.6 Å². The lowest BCUT2D eigenvalue weighted by Gasteiger charge is -2.13. The fraction of sp³-hybridized carbons (Fsp3) is 0.417. The highest BCUT2D eigenvalue weighted by molar-refractivity contribution is 5.99. The summed E-state index contributed by atoms with van der Waals surface area (Å²) in [6.07, 6.45) is 0. The normalized spacial score (nSPS) is 11.8. The molecule has 0 fully saturated rings. The van der Waals surface area contributed by atoms with Gasteiger partial charge in [0, 0.05) is 12.6 Å². The Kier molecular flexibility index (Phi) is 4.78. The molecule has 0 aliphatic carbocycles. The molecule has 0 spiro atoms. The van der Waals surface area contributed by atoms with Crippen molar-refractivity contribution in [2.75, 3.05) is 20.8 Å². The van der Waals surface area contributed by atoms with Gasteiger partial charge in [-0.2, -0.15) is 0 Å². The van der Waals surface area contributed by atoms with Crippen molar-refractivity contribution in [3.8, 4) is 11.5 Å². The molecule has 1 atom stereocenters. The Bertz CT molecular complexity index is 369. The third-order valence-electron chi connectivity index (χ3n) is 2.24. The molecule has 0 aliphatic heterocycles. The van der Waals surface area contributed by atoms with Gasteiger partial charge in [-0.25, -0.2) is 0 Å². The minimum atomic E-state index is -0.253. The lowest BCUT2D eigenvalue weighted by atomic mass is 10.1. The van der Waals surface area contributed by atoms with Crippen molar-refractivity contribution in [1.82, 2.24) is 5.32 Å². The number of nitrogens with one attached hydrogen (secondary N) is 1. The Balaban J connectivity index is 2.97. The van der Waals surface area contributed by atoms with Crippen LogP contribution < -0.4 is 20.5 Å².